The zero-order chi connectivity index (χ0) is 18.2. The summed E-state index contributed by atoms with van der Waals surface area (Å²) < 4.78 is 6.14. The summed E-state index contributed by atoms with van der Waals surface area (Å²) >= 11 is 5.67. The number of benzene rings is 4. The van der Waals surface area contributed by atoms with Crippen molar-refractivity contribution in [1.82, 2.24) is 4.98 Å². The van der Waals surface area contributed by atoms with Gasteiger partial charge in [-0.3, -0.25) is 0 Å². The third kappa shape index (κ3) is 2.82. The van der Waals surface area contributed by atoms with Crippen LogP contribution in [0, 0.1) is 0 Å². The third-order valence-electron chi connectivity index (χ3n) is 4.73. The molecule has 5 aromatic rings. The molecule has 0 bridgehead atoms. The lowest BCUT2D eigenvalue weighted by Crippen LogP contribution is -2.08. The first kappa shape index (κ1) is 15.9. The second kappa shape index (κ2) is 6.45. The van der Waals surface area contributed by atoms with Crippen LogP contribution in [0.1, 0.15) is 5.56 Å². The lowest BCUT2D eigenvalue weighted by Gasteiger charge is -2.12. The van der Waals surface area contributed by atoms with Gasteiger partial charge in [0, 0.05) is 21.7 Å². The largest absolute Gasteiger partial charge is 0.445 e. The van der Waals surface area contributed by atoms with Gasteiger partial charge in [-0.1, -0.05) is 60.7 Å². The Morgan fingerprint density at radius 3 is 2.30 bits per heavy atom. The first-order valence-electron chi connectivity index (χ1n) is 8.78. The molecule has 27 heavy (non-hydrogen) atoms. The first-order valence-corrected chi connectivity index (χ1v) is 9.19. The van der Waals surface area contributed by atoms with Crippen LogP contribution in [0.25, 0.3) is 32.6 Å². The highest BCUT2D eigenvalue weighted by Gasteiger charge is 2.12. The highest BCUT2D eigenvalue weighted by Crippen LogP contribution is 2.28. The van der Waals surface area contributed by atoms with Crippen molar-refractivity contribution in [2.45, 2.75) is 0 Å². The van der Waals surface area contributed by atoms with Crippen molar-refractivity contribution >= 4 is 49.8 Å². The molecule has 1 heterocycles. The van der Waals surface area contributed by atoms with Gasteiger partial charge < -0.3 is 4.74 Å². The van der Waals surface area contributed by atoms with E-state index in [1.54, 1.807) is 0 Å². The monoisotopic (exact) mass is 365 g/mol. The van der Waals surface area contributed by atoms with Crippen molar-refractivity contribution < 1.29 is 4.74 Å². The van der Waals surface area contributed by atoms with Crippen LogP contribution in [0.3, 0.4) is 0 Å². The number of hydrogen-bond donors (Lipinski definition) is 0. The van der Waals surface area contributed by atoms with Gasteiger partial charge in [0.05, 0.1) is 11.0 Å². The molecule has 0 unspecified atom stereocenters. The molecule has 0 aliphatic carbocycles. The smallest absolute Gasteiger partial charge is 0.198 e. The van der Waals surface area contributed by atoms with Gasteiger partial charge in [0.2, 0.25) is 0 Å². The summed E-state index contributed by atoms with van der Waals surface area (Å²) in [6.07, 6.45) is 0. The maximum atomic E-state index is 6.14. The Hall–Kier alpha value is -3.30. The molecular weight excluding hydrogens is 350 g/mol. The summed E-state index contributed by atoms with van der Waals surface area (Å²) in [6, 6.07) is 30.3. The van der Waals surface area contributed by atoms with Crippen LogP contribution in [-0.2, 0) is 0 Å². The van der Waals surface area contributed by atoms with Crippen LogP contribution < -0.4 is 4.74 Å². The predicted octanol–water partition coefficient (Wildman–Crippen LogP) is 6.30. The lowest BCUT2D eigenvalue weighted by molar-refractivity contribution is 0.574. The van der Waals surface area contributed by atoms with E-state index in [1.165, 1.54) is 0 Å². The third-order valence-corrected chi connectivity index (χ3v) is 5.04. The van der Waals surface area contributed by atoms with Crippen LogP contribution in [0.5, 0.6) is 5.75 Å². The summed E-state index contributed by atoms with van der Waals surface area (Å²) in [4.78, 5) is 4.76. The van der Waals surface area contributed by atoms with Gasteiger partial charge in [-0.25, -0.2) is 4.98 Å². The average molecular weight is 365 g/mol. The van der Waals surface area contributed by atoms with Crippen LogP contribution in [0.2, 0.25) is 0 Å². The number of aromatic nitrogens is 1. The Bertz CT molecular complexity index is 1320. The Balaban J connectivity index is 1.62. The number of para-hydroxylation sites is 1. The fourth-order valence-corrected chi connectivity index (χ4v) is 3.68. The van der Waals surface area contributed by atoms with Crippen LogP contribution >= 0.6 is 12.2 Å². The first-order chi connectivity index (χ1) is 13.3. The molecule has 5 rings (SSSR count). The van der Waals surface area contributed by atoms with E-state index in [4.69, 9.17) is 21.9 Å². The molecule has 2 nitrogen and oxygen atoms in total. The van der Waals surface area contributed by atoms with Gasteiger partial charge in [0.1, 0.15) is 5.75 Å². The molecule has 1 aromatic heterocycles. The SMILES string of the molecule is S=C(Oc1cccc2ccccc12)c1cccc2nc3ccccc3cc12. The summed E-state index contributed by atoms with van der Waals surface area (Å²) in [5, 5.41) is 4.72. The van der Waals surface area contributed by atoms with E-state index in [9.17, 15) is 0 Å². The van der Waals surface area contributed by atoms with E-state index in [-0.39, 0.29) is 0 Å². The Kier molecular flexibility index (Phi) is 3.80. The second-order valence-electron chi connectivity index (χ2n) is 6.42. The van der Waals surface area contributed by atoms with Crippen LogP contribution in [0.4, 0.5) is 0 Å². The van der Waals surface area contributed by atoms with Crippen molar-refractivity contribution in [2.24, 2.45) is 0 Å². The van der Waals surface area contributed by atoms with Crippen LogP contribution in [0.15, 0.2) is 91.0 Å². The average Bonchev–Trinajstić information content (AvgIpc) is 2.72. The molecule has 128 valence electrons. The van der Waals surface area contributed by atoms with Crippen molar-refractivity contribution in [3.05, 3.63) is 96.6 Å². The van der Waals surface area contributed by atoms with Crippen molar-refractivity contribution in [3.8, 4) is 5.75 Å². The minimum absolute atomic E-state index is 0.453. The van der Waals surface area contributed by atoms with E-state index in [0.29, 0.717) is 5.05 Å². The number of hydrogen-bond acceptors (Lipinski definition) is 3. The number of pyridine rings is 1. The molecule has 0 aliphatic heterocycles. The molecule has 0 saturated carbocycles. The fraction of sp³-hybridized carbons (Fsp3) is 0. The molecule has 0 N–H and O–H groups in total. The number of thiocarbonyl (C=S) groups is 1. The summed E-state index contributed by atoms with van der Waals surface area (Å²) in [7, 11) is 0. The van der Waals surface area contributed by atoms with Crippen molar-refractivity contribution in [1.29, 1.82) is 0 Å². The van der Waals surface area contributed by atoms with E-state index in [1.807, 2.05) is 66.7 Å². The highest BCUT2D eigenvalue weighted by atomic mass is 32.1. The minimum Gasteiger partial charge on any atom is -0.445 e. The molecule has 0 amide bonds. The molecule has 3 heteroatoms. The van der Waals surface area contributed by atoms with E-state index in [0.717, 1.165) is 43.9 Å². The number of ether oxygens (including phenoxy) is 1. The Labute approximate surface area is 162 Å². The second-order valence-corrected chi connectivity index (χ2v) is 6.79. The zero-order valence-electron chi connectivity index (χ0n) is 14.4. The summed E-state index contributed by atoms with van der Waals surface area (Å²) in [6.45, 7) is 0. The Morgan fingerprint density at radius 2 is 1.37 bits per heavy atom. The Morgan fingerprint density at radius 1 is 0.667 bits per heavy atom. The molecule has 0 aliphatic rings. The van der Waals surface area contributed by atoms with E-state index in [2.05, 4.69) is 24.3 Å². The highest BCUT2D eigenvalue weighted by molar-refractivity contribution is 7.80. The molecule has 0 saturated heterocycles. The molecule has 0 spiro atoms. The molecule has 0 atom stereocenters. The van der Waals surface area contributed by atoms with Crippen LogP contribution in [-0.4, -0.2) is 10.0 Å². The van der Waals surface area contributed by atoms with Gasteiger partial charge in [-0.05, 0) is 47.9 Å². The van der Waals surface area contributed by atoms with Gasteiger partial charge in [0.15, 0.2) is 5.05 Å². The van der Waals surface area contributed by atoms with Gasteiger partial charge >= 0.3 is 0 Å². The summed E-state index contributed by atoms with van der Waals surface area (Å²) in [5.41, 5.74) is 2.77. The molecule has 0 radical (unpaired) electrons. The fourth-order valence-electron chi connectivity index (χ4n) is 3.42. The number of fused-ring (bicyclic) bond motifs is 3. The van der Waals surface area contributed by atoms with Gasteiger partial charge in [-0.2, -0.15) is 0 Å². The molecule has 4 aromatic carbocycles. The molecular formula is C24H15NOS. The minimum atomic E-state index is 0.453. The molecule has 0 fully saturated rings. The maximum absolute atomic E-state index is 6.14. The zero-order valence-corrected chi connectivity index (χ0v) is 15.2. The van der Waals surface area contributed by atoms with E-state index < -0.39 is 0 Å². The summed E-state index contributed by atoms with van der Waals surface area (Å²) in [5.74, 6) is 0.767. The quantitative estimate of drug-likeness (QED) is 0.271. The van der Waals surface area contributed by atoms with Crippen molar-refractivity contribution in [3.63, 3.8) is 0 Å². The normalized spacial score (nSPS) is 11.1. The van der Waals surface area contributed by atoms with E-state index >= 15 is 0 Å². The lowest BCUT2D eigenvalue weighted by atomic mass is 10.1. The topological polar surface area (TPSA) is 22.1 Å². The van der Waals surface area contributed by atoms with Crippen molar-refractivity contribution in [2.75, 3.05) is 0 Å². The van der Waals surface area contributed by atoms with Gasteiger partial charge in [-0.15, -0.1) is 0 Å². The maximum Gasteiger partial charge on any atom is 0.198 e. The standard InChI is InChI=1S/C24H15NOS/c27-24(26-23-14-5-9-16-7-1-3-10-18(16)23)19-11-6-13-22-20(19)15-17-8-2-4-12-21(17)25-22/h1-15H. The van der Waals surface area contributed by atoms with Gasteiger partial charge in [0.25, 0.3) is 0 Å². The number of nitrogens with zero attached hydrogens (tertiary/aromatic N) is 1. The number of rotatable bonds is 2. The predicted molar refractivity (Wildman–Crippen MR) is 116 cm³/mol.